The van der Waals surface area contributed by atoms with Crippen LogP contribution < -0.4 is 10.6 Å². The second-order valence-corrected chi connectivity index (χ2v) is 7.12. The van der Waals surface area contributed by atoms with Gasteiger partial charge in [0.25, 0.3) is 5.96 Å². The highest BCUT2D eigenvalue weighted by Crippen LogP contribution is 2.22. The number of hydrogen-bond donors (Lipinski definition) is 2. The Morgan fingerprint density at radius 3 is 2.83 bits per heavy atom. The first-order valence-electron chi connectivity index (χ1n) is 8.46. The quantitative estimate of drug-likeness (QED) is 0.334. The molecule has 0 bridgehead atoms. The number of guanidine groups is 1. The van der Waals surface area contributed by atoms with Gasteiger partial charge in [0.1, 0.15) is 5.10 Å². The zero-order valence-corrected chi connectivity index (χ0v) is 14.0. The van der Waals surface area contributed by atoms with Crippen molar-refractivity contribution in [1.29, 1.82) is 0 Å². The van der Waals surface area contributed by atoms with Gasteiger partial charge >= 0.3 is 0 Å². The minimum Gasteiger partial charge on any atom is -0.335 e. The van der Waals surface area contributed by atoms with Gasteiger partial charge in [-0.05, 0) is 38.1 Å². The molecule has 0 radical (unpaired) electrons. The van der Waals surface area contributed by atoms with Gasteiger partial charge in [0.05, 0.1) is 5.50 Å². The van der Waals surface area contributed by atoms with Crippen molar-refractivity contribution < 1.29 is 5.03 Å². The van der Waals surface area contributed by atoms with E-state index in [1.807, 2.05) is 0 Å². The Kier molecular flexibility index (Phi) is 5.55. The summed E-state index contributed by atoms with van der Waals surface area (Å²) in [7, 11) is 0. The normalized spacial score (nSPS) is 34.1. The van der Waals surface area contributed by atoms with E-state index in [-0.39, 0.29) is 5.50 Å². The first kappa shape index (κ1) is 16.7. The molecule has 3 rings (SSSR count). The third kappa shape index (κ3) is 4.24. The lowest BCUT2D eigenvalue weighted by Crippen LogP contribution is -2.49. The van der Waals surface area contributed by atoms with Gasteiger partial charge in [-0.3, -0.25) is 0 Å². The molecule has 0 aromatic heterocycles. The molecular weight excluding hydrogens is 320 g/mol. The number of nitrogens with one attached hydrogen (secondary N) is 2. The van der Waals surface area contributed by atoms with Crippen LogP contribution in [0.25, 0.3) is 0 Å². The van der Waals surface area contributed by atoms with Crippen molar-refractivity contribution in [2.24, 2.45) is 11.0 Å². The van der Waals surface area contributed by atoms with Crippen molar-refractivity contribution in [2.75, 3.05) is 39.3 Å². The van der Waals surface area contributed by atoms with Crippen molar-refractivity contribution in [3.05, 3.63) is 10.1 Å². The smallest absolute Gasteiger partial charge is 0.274 e. The Bertz CT molecular complexity index is 449. The van der Waals surface area contributed by atoms with E-state index in [2.05, 4.69) is 25.5 Å². The minimum atomic E-state index is -0.565. The lowest BCUT2D eigenvalue weighted by molar-refractivity contribution is -0.486. The molecule has 3 saturated heterocycles. The van der Waals surface area contributed by atoms with Gasteiger partial charge in [0, 0.05) is 38.8 Å². The van der Waals surface area contributed by atoms with Gasteiger partial charge in [-0.1, -0.05) is 0 Å². The van der Waals surface area contributed by atoms with Crippen LogP contribution in [0.5, 0.6) is 0 Å². The number of alkyl halides is 1. The first-order chi connectivity index (χ1) is 11.1. The monoisotopic (exact) mass is 344 g/mol. The number of rotatable bonds is 4. The van der Waals surface area contributed by atoms with Crippen molar-refractivity contribution in [3.8, 4) is 0 Å². The van der Waals surface area contributed by atoms with Gasteiger partial charge in [0.2, 0.25) is 0 Å². The zero-order valence-electron chi connectivity index (χ0n) is 13.3. The Balaban J connectivity index is 1.66. The maximum Gasteiger partial charge on any atom is 0.274 e. The van der Waals surface area contributed by atoms with Crippen molar-refractivity contribution in [3.63, 3.8) is 0 Å². The SMILES string of the molecule is O=[N+]([O-])/N=C1\N(CC2CCC(Cl)NC2)CCN1C1CCCNC1. The molecule has 0 saturated carbocycles. The molecule has 0 amide bonds. The predicted molar refractivity (Wildman–Crippen MR) is 89.0 cm³/mol. The van der Waals surface area contributed by atoms with Gasteiger partial charge in [-0.15, -0.1) is 11.6 Å². The van der Waals surface area contributed by atoms with E-state index in [0.29, 0.717) is 17.9 Å². The van der Waals surface area contributed by atoms with E-state index in [9.17, 15) is 10.1 Å². The van der Waals surface area contributed by atoms with E-state index >= 15 is 0 Å². The average molecular weight is 345 g/mol. The highest BCUT2D eigenvalue weighted by molar-refractivity contribution is 6.20. The van der Waals surface area contributed by atoms with E-state index < -0.39 is 5.03 Å². The first-order valence-corrected chi connectivity index (χ1v) is 8.90. The predicted octanol–water partition coefficient (Wildman–Crippen LogP) is 0.468. The molecule has 3 atom stereocenters. The third-order valence-corrected chi connectivity index (χ3v) is 5.34. The molecule has 3 aliphatic heterocycles. The number of hydrazone groups is 1. The number of nitrogens with zero attached hydrogens (tertiary/aromatic N) is 4. The largest absolute Gasteiger partial charge is 0.335 e. The lowest BCUT2D eigenvalue weighted by atomic mass is 9.99. The Morgan fingerprint density at radius 2 is 2.17 bits per heavy atom. The van der Waals surface area contributed by atoms with Crippen LogP contribution >= 0.6 is 11.6 Å². The minimum absolute atomic E-state index is 0.0570. The van der Waals surface area contributed by atoms with Crippen LogP contribution in [-0.2, 0) is 0 Å². The average Bonchev–Trinajstić information content (AvgIpc) is 2.92. The fraction of sp³-hybridized carbons (Fsp3) is 0.929. The summed E-state index contributed by atoms with van der Waals surface area (Å²) in [5, 5.41) is 20.8. The molecule has 23 heavy (non-hydrogen) atoms. The van der Waals surface area contributed by atoms with Crippen molar-refractivity contribution >= 4 is 17.6 Å². The Morgan fingerprint density at radius 1 is 1.30 bits per heavy atom. The molecule has 0 spiro atoms. The van der Waals surface area contributed by atoms with Crippen LogP contribution in [-0.4, -0.2) is 71.6 Å². The second kappa shape index (κ2) is 7.63. The van der Waals surface area contributed by atoms with Gasteiger partial charge in [-0.25, -0.2) is 10.1 Å². The zero-order chi connectivity index (χ0) is 16.2. The summed E-state index contributed by atoms with van der Waals surface area (Å²) in [4.78, 5) is 15.2. The molecule has 0 aliphatic carbocycles. The maximum absolute atomic E-state index is 11.0. The van der Waals surface area contributed by atoms with Gasteiger partial charge in [0.15, 0.2) is 5.03 Å². The molecule has 3 aliphatic rings. The molecule has 9 heteroatoms. The van der Waals surface area contributed by atoms with Crippen LogP contribution in [0.1, 0.15) is 25.7 Å². The standard InChI is InChI=1S/C14H25ClN6O2/c15-13-4-3-11(8-17-13)10-19-6-7-20(14(19)18-21(22)23)12-2-1-5-16-9-12/h11-13,16-17H,1-10H2/b18-14+. The van der Waals surface area contributed by atoms with Crippen LogP contribution in [0.15, 0.2) is 5.10 Å². The number of nitro groups is 1. The Labute approximate surface area is 141 Å². The molecule has 3 heterocycles. The van der Waals surface area contributed by atoms with E-state index in [4.69, 9.17) is 11.6 Å². The Hall–Kier alpha value is -1.12. The number of halogens is 1. The fourth-order valence-electron chi connectivity index (χ4n) is 3.77. The van der Waals surface area contributed by atoms with E-state index in [1.54, 1.807) is 0 Å². The van der Waals surface area contributed by atoms with E-state index in [0.717, 1.165) is 65.0 Å². The molecule has 0 aromatic rings. The maximum atomic E-state index is 11.0. The summed E-state index contributed by atoms with van der Waals surface area (Å²) in [5.41, 5.74) is 0.0570. The number of hydrogen-bond acceptors (Lipinski definition) is 4. The van der Waals surface area contributed by atoms with Gasteiger partial charge < -0.3 is 20.4 Å². The molecule has 0 aromatic carbocycles. The highest BCUT2D eigenvalue weighted by atomic mass is 35.5. The summed E-state index contributed by atoms with van der Waals surface area (Å²) in [6.45, 7) is 5.20. The number of piperidine rings is 2. The lowest BCUT2D eigenvalue weighted by Gasteiger charge is -2.33. The summed E-state index contributed by atoms with van der Waals surface area (Å²) in [6.07, 6.45) is 4.17. The molecule has 2 N–H and O–H groups in total. The topological polar surface area (TPSA) is 86.0 Å². The molecule has 130 valence electrons. The van der Waals surface area contributed by atoms with E-state index in [1.165, 1.54) is 0 Å². The molecule has 3 fully saturated rings. The molecule has 3 unspecified atom stereocenters. The van der Waals surface area contributed by atoms with Gasteiger partial charge in [-0.2, -0.15) is 0 Å². The molecular formula is C14H25ClN6O2. The van der Waals surface area contributed by atoms with Crippen molar-refractivity contribution in [2.45, 2.75) is 37.2 Å². The molecule has 8 nitrogen and oxygen atoms in total. The summed E-state index contributed by atoms with van der Waals surface area (Å²) in [5.74, 6) is 1.00. The van der Waals surface area contributed by atoms with Crippen LogP contribution in [0.3, 0.4) is 0 Å². The van der Waals surface area contributed by atoms with Crippen LogP contribution in [0.4, 0.5) is 0 Å². The van der Waals surface area contributed by atoms with Crippen LogP contribution in [0, 0.1) is 16.0 Å². The summed E-state index contributed by atoms with van der Waals surface area (Å²) in [6, 6.07) is 0.309. The summed E-state index contributed by atoms with van der Waals surface area (Å²) >= 11 is 6.07. The second-order valence-electron chi connectivity index (χ2n) is 6.60. The fourth-order valence-corrected chi connectivity index (χ4v) is 3.99. The summed E-state index contributed by atoms with van der Waals surface area (Å²) < 4.78 is 0. The van der Waals surface area contributed by atoms with Crippen LogP contribution in [0.2, 0.25) is 0 Å². The van der Waals surface area contributed by atoms with Crippen molar-refractivity contribution in [1.82, 2.24) is 20.4 Å². The third-order valence-electron chi connectivity index (χ3n) is 4.97. The highest BCUT2D eigenvalue weighted by Gasteiger charge is 2.36.